The number of nitrogens with one attached hydrogen (secondary N) is 1. The van der Waals surface area contributed by atoms with Crippen LogP contribution < -0.4 is 10.1 Å². The summed E-state index contributed by atoms with van der Waals surface area (Å²) < 4.78 is 6.52. The van der Waals surface area contributed by atoms with Gasteiger partial charge in [0.1, 0.15) is 5.75 Å². The molecule has 0 unspecified atom stereocenters. The Hall–Kier alpha value is -0.330. The SMILES string of the molecule is COc1ccc(Br)cc1[C@@H](CCO)N1CCNCC1.Cl. The van der Waals surface area contributed by atoms with Crippen molar-refractivity contribution in [2.45, 2.75) is 12.5 Å². The number of hydrogen-bond acceptors (Lipinski definition) is 4. The van der Waals surface area contributed by atoms with Crippen molar-refractivity contribution < 1.29 is 9.84 Å². The number of piperazine rings is 1. The maximum absolute atomic E-state index is 9.37. The molecule has 2 N–H and O–H groups in total. The Kier molecular flexibility index (Phi) is 7.84. The Bertz CT molecular complexity index is 414. The van der Waals surface area contributed by atoms with Crippen LogP contribution in [0.5, 0.6) is 5.75 Å². The van der Waals surface area contributed by atoms with Gasteiger partial charge in [0, 0.05) is 48.9 Å². The minimum Gasteiger partial charge on any atom is -0.496 e. The van der Waals surface area contributed by atoms with E-state index < -0.39 is 0 Å². The fraction of sp³-hybridized carbons (Fsp3) is 0.571. The standard InChI is InChI=1S/C14H21BrN2O2.ClH/c1-19-14-3-2-11(15)10-12(14)13(4-9-18)17-7-5-16-6-8-17;/h2-3,10,13,16,18H,4-9H2,1H3;1H/t13-;/m1./s1. The Morgan fingerprint density at radius 1 is 1.40 bits per heavy atom. The van der Waals surface area contributed by atoms with Gasteiger partial charge in [0.25, 0.3) is 0 Å². The first-order chi connectivity index (χ1) is 9.26. The van der Waals surface area contributed by atoms with Crippen molar-refractivity contribution in [1.82, 2.24) is 10.2 Å². The van der Waals surface area contributed by atoms with E-state index >= 15 is 0 Å². The second kappa shape index (κ2) is 8.85. The smallest absolute Gasteiger partial charge is 0.123 e. The predicted octanol–water partition coefficient (Wildman–Crippen LogP) is 2.21. The van der Waals surface area contributed by atoms with Gasteiger partial charge >= 0.3 is 0 Å². The molecule has 6 heteroatoms. The lowest BCUT2D eigenvalue weighted by Crippen LogP contribution is -2.45. The van der Waals surface area contributed by atoms with E-state index in [9.17, 15) is 5.11 Å². The monoisotopic (exact) mass is 364 g/mol. The molecule has 4 nitrogen and oxygen atoms in total. The highest BCUT2D eigenvalue weighted by Gasteiger charge is 2.24. The first kappa shape index (κ1) is 17.7. The zero-order valence-corrected chi connectivity index (χ0v) is 14.0. The van der Waals surface area contributed by atoms with Crippen molar-refractivity contribution in [3.8, 4) is 5.75 Å². The van der Waals surface area contributed by atoms with Crippen molar-refractivity contribution in [3.63, 3.8) is 0 Å². The Balaban J connectivity index is 0.00000200. The molecule has 1 aliphatic heterocycles. The van der Waals surface area contributed by atoms with E-state index in [4.69, 9.17) is 4.74 Å². The molecule has 1 aromatic carbocycles. The van der Waals surface area contributed by atoms with Crippen molar-refractivity contribution in [3.05, 3.63) is 28.2 Å². The van der Waals surface area contributed by atoms with Gasteiger partial charge in [-0.05, 0) is 24.6 Å². The second-order valence-electron chi connectivity index (χ2n) is 4.70. The van der Waals surface area contributed by atoms with Crippen molar-refractivity contribution in [2.75, 3.05) is 39.9 Å². The largest absolute Gasteiger partial charge is 0.496 e. The van der Waals surface area contributed by atoms with Gasteiger partial charge in [-0.25, -0.2) is 0 Å². The Morgan fingerprint density at radius 2 is 2.10 bits per heavy atom. The van der Waals surface area contributed by atoms with Gasteiger partial charge in [-0.3, -0.25) is 4.90 Å². The van der Waals surface area contributed by atoms with E-state index in [2.05, 4.69) is 32.2 Å². The summed E-state index contributed by atoms with van der Waals surface area (Å²) in [6.45, 7) is 4.18. The maximum atomic E-state index is 9.37. The van der Waals surface area contributed by atoms with E-state index in [-0.39, 0.29) is 25.1 Å². The summed E-state index contributed by atoms with van der Waals surface area (Å²) in [6, 6.07) is 6.27. The topological polar surface area (TPSA) is 44.7 Å². The number of hydrogen-bond donors (Lipinski definition) is 2. The molecule has 0 aromatic heterocycles. The van der Waals surface area contributed by atoms with Gasteiger partial charge in [-0.15, -0.1) is 12.4 Å². The van der Waals surface area contributed by atoms with Crippen LogP contribution in [-0.4, -0.2) is 49.9 Å². The molecule has 1 aliphatic rings. The predicted molar refractivity (Wildman–Crippen MR) is 86.8 cm³/mol. The van der Waals surface area contributed by atoms with Gasteiger partial charge in [-0.1, -0.05) is 15.9 Å². The van der Waals surface area contributed by atoms with Crippen LogP contribution >= 0.6 is 28.3 Å². The van der Waals surface area contributed by atoms with E-state index in [1.807, 2.05) is 12.1 Å². The molecule has 1 fully saturated rings. The lowest BCUT2D eigenvalue weighted by Gasteiger charge is -2.35. The fourth-order valence-corrected chi connectivity index (χ4v) is 3.00. The van der Waals surface area contributed by atoms with Gasteiger partial charge in [-0.2, -0.15) is 0 Å². The lowest BCUT2D eigenvalue weighted by molar-refractivity contribution is 0.139. The van der Waals surface area contributed by atoms with E-state index in [1.54, 1.807) is 7.11 Å². The lowest BCUT2D eigenvalue weighted by atomic mass is 10.0. The van der Waals surface area contributed by atoms with Crippen LogP contribution in [0.3, 0.4) is 0 Å². The molecule has 2 rings (SSSR count). The Morgan fingerprint density at radius 3 is 2.70 bits per heavy atom. The third-order valence-corrected chi connectivity index (χ3v) is 4.04. The summed E-state index contributed by atoms with van der Waals surface area (Å²) in [5.41, 5.74) is 1.15. The van der Waals surface area contributed by atoms with Crippen LogP contribution in [0.2, 0.25) is 0 Å². The van der Waals surface area contributed by atoms with Crippen LogP contribution in [0.25, 0.3) is 0 Å². The zero-order chi connectivity index (χ0) is 13.7. The number of methoxy groups -OCH3 is 1. The van der Waals surface area contributed by atoms with Crippen molar-refractivity contribution >= 4 is 28.3 Å². The zero-order valence-electron chi connectivity index (χ0n) is 11.6. The number of nitrogens with zero attached hydrogens (tertiary/aromatic N) is 1. The summed E-state index contributed by atoms with van der Waals surface area (Å²) in [4.78, 5) is 2.41. The first-order valence-electron chi connectivity index (χ1n) is 6.65. The molecule has 0 radical (unpaired) electrons. The summed E-state index contributed by atoms with van der Waals surface area (Å²) in [5.74, 6) is 0.889. The molecule has 1 atom stereocenters. The minimum atomic E-state index is 0. The summed E-state index contributed by atoms with van der Waals surface area (Å²) in [6.07, 6.45) is 0.729. The number of halogens is 2. The van der Waals surface area contributed by atoms with E-state index in [0.717, 1.165) is 48.4 Å². The molecule has 1 saturated heterocycles. The highest BCUT2D eigenvalue weighted by atomic mass is 79.9. The van der Waals surface area contributed by atoms with Gasteiger partial charge in [0.15, 0.2) is 0 Å². The Labute approximate surface area is 135 Å². The molecule has 0 bridgehead atoms. The van der Waals surface area contributed by atoms with Crippen LogP contribution in [0, 0.1) is 0 Å². The van der Waals surface area contributed by atoms with Gasteiger partial charge in [0.2, 0.25) is 0 Å². The average molecular weight is 366 g/mol. The molecule has 0 spiro atoms. The van der Waals surface area contributed by atoms with Crippen LogP contribution in [0.1, 0.15) is 18.0 Å². The third-order valence-electron chi connectivity index (χ3n) is 3.55. The molecule has 0 aliphatic carbocycles. The first-order valence-corrected chi connectivity index (χ1v) is 7.44. The molecule has 0 saturated carbocycles. The number of benzene rings is 1. The van der Waals surface area contributed by atoms with Crippen LogP contribution in [0.4, 0.5) is 0 Å². The summed E-state index contributed by atoms with van der Waals surface area (Å²) >= 11 is 3.52. The molecule has 114 valence electrons. The highest BCUT2D eigenvalue weighted by Crippen LogP contribution is 2.34. The number of ether oxygens (including phenoxy) is 1. The second-order valence-corrected chi connectivity index (χ2v) is 5.62. The maximum Gasteiger partial charge on any atom is 0.123 e. The van der Waals surface area contributed by atoms with Crippen molar-refractivity contribution in [2.24, 2.45) is 0 Å². The van der Waals surface area contributed by atoms with E-state index in [1.165, 1.54) is 0 Å². The molecular weight excluding hydrogens is 344 g/mol. The average Bonchev–Trinajstić information content (AvgIpc) is 2.45. The number of aliphatic hydroxyl groups excluding tert-OH is 1. The quantitative estimate of drug-likeness (QED) is 0.840. The highest BCUT2D eigenvalue weighted by molar-refractivity contribution is 9.10. The van der Waals surface area contributed by atoms with E-state index in [0.29, 0.717) is 0 Å². The number of aliphatic hydroxyl groups is 1. The normalized spacial score (nSPS) is 17.4. The summed E-state index contributed by atoms with van der Waals surface area (Å²) in [7, 11) is 1.69. The van der Waals surface area contributed by atoms with Crippen LogP contribution in [-0.2, 0) is 0 Å². The molecule has 20 heavy (non-hydrogen) atoms. The summed E-state index contributed by atoms with van der Waals surface area (Å²) in [5, 5.41) is 12.7. The minimum absolute atomic E-state index is 0. The van der Waals surface area contributed by atoms with Crippen LogP contribution in [0.15, 0.2) is 22.7 Å². The fourth-order valence-electron chi connectivity index (χ4n) is 2.62. The molecule has 1 aromatic rings. The molecule has 1 heterocycles. The molecular formula is C14H22BrClN2O2. The number of rotatable bonds is 5. The van der Waals surface area contributed by atoms with Crippen molar-refractivity contribution in [1.29, 1.82) is 0 Å². The van der Waals surface area contributed by atoms with Gasteiger partial charge in [0.05, 0.1) is 7.11 Å². The van der Waals surface area contributed by atoms with Gasteiger partial charge < -0.3 is 15.2 Å². The third kappa shape index (κ3) is 4.33. The molecule has 0 amide bonds.